The van der Waals surface area contributed by atoms with Gasteiger partial charge in [0.15, 0.2) is 0 Å². The number of benzene rings is 2. The molecule has 3 nitrogen and oxygen atoms in total. The average Bonchev–Trinajstić information content (AvgIpc) is 2.46. The summed E-state index contributed by atoms with van der Waals surface area (Å²) in [6.45, 7) is 0. The van der Waals surface area contributed by atoms with Gasteiger partial charge in [0.05, 0.1) is 20.3 Å². The van der Waals surface area contributed by atoms with Gasteiger partial charge in [-0.25, -0.2) is 4.39 Å². The van der Waals surface area contributed by atoms with Gasteiger partial charge in [-0.15, -0.1) is 0 Å². The van der Waals surface area contributed by atoms with Crippen LogP contribution >= 0.6 is 15.9 Å². The van der Waals surface area contributed by atoms with E-state index >= 15 is 0 Å². The highest BCUT2D eigenvalue weighted by Crippen LogP contribution is 2.30. The van der Waals surface area contributed by atoms with Gasteiger partial charge < -0.3 is 15.2 Å². The summed E-state index contributed by atoms with van der Waals surface area (Å²) in [6.07, 6.45) is 0. The Morgan fingerprint density at radius 3 is 2.15 bits per heavy atom. The third-order valence-electron chi connectivity index (χ3n) is 3.03. The summed E-state index contributed by atoms with van der Waals surface area (Å²) in [6, 6.07) is 9.52. The molecular weight excluding hydrogens is 325 g/mol. The molecule has 2 aromatic carbocycles. The maximum Gasteiger partial charge on any atom is 0.129 e. The highest BCUT2D eigenvalue weighted by atomic mass is 79.9. The summed E-state index contributed by atoms with van der Waals surface area (Å²) in [5, 5.41) is 0. The molecule has 0 saturated heterocycles. The first-order chi connectivity index (χ1) is 9.55. The van der Waals surface area contributed by atoms with Crippen molar-refractivity contribution in [2.45, 2.75) is 6.04 Å². The quantitative estimate of drug-likeness (QED) is 0.924. The van der Waals surface area contributed by atoms with Crippen LogP contribution in [0.3, 0.4) is 0 Å². The first kappa shape index (κ1) is 14.8. The molecule has 1 atom stereocenters. The lowest BCUT2D eigenvalue weighted by Crippen LogP contribution is -2.14. The molecular formula is C15H15BrFNO2. The molecule has 0 amide bonds. The van der Waals surface area contributed by atoms with Crippen LogP contribution in [-0.4, -0.2) is 14.2 Å². The molecule has 0 aromatic heterocycles. The van der Waals surface area contributed by atoms with Crippen molar-refractivity contribution in [1.82, 2.24) is 0 Å². The van der Waals surface area contributed by atoms with Gasteiger partial charge in [-0.1, -0.05) is 22.0 Å². The molecule has 0 aliphatic rings. The second kappa shape index (κ2) is 6.24. The van der Waals surface area contributed by atoms with E-state index in [-0.39, 0.29) is 5.82 Å². The zero-order valence-electron chi connectivity index (χ0n) is 11.2. The lowest BCUT2D eigenvalue weighted by molar-refractivity contribution is 0.393. The molecule has 0 aliphatic heterocycles. The Morgan fingerprint density at radius 2 is 1.65 bits per heavy atom. The van der Waals surface area contributed by atoms with Crippen molar-refractivity contribution in [3.63, 3.8) is 0 Å². The lowest BCUT2D eigenvalue weighted by Gasteiger charge is -2.16. The van der Waals surface area contributed by atoms with E-state index in [4.69, 9.17) is 15.2 Å². The Kier molecular flexibility index (Phi) is 4.62. The molecule has 0 bridgehead atoms. The number of rotatable bonds is 4. The molecule has 0 fully saturated rings. The van der Waals surface area contributed by atoms with Gasteiger partial charge in [0.25, 0.3) is 0 Å². The van der Waals surface area contributed by atoms with E-state index in [1.54, 1.807) is 44.6 Å². The zero-order chi connectivity index (χ0) is 14.7. The maximum atomic E-state index is 14.0. The minimum absolute atomic E-state index is 0.353. The number of hydrogen-bond donors (Lipinski definition) is 1. The van der Waals surface area contributed by atoms with E-state index in [9.17, 15) is 4.39 Å². The second-order valence-corrected chi connectivity index (χ2v) is 5.21. The van der Waals surface area contributed by atoms with E-state index in [1.807, 2.05) is 0 Å². The van der Waals surface area contributed by atoms with Gasteiger partial charge in [0, 0.05) is 16.1 Å². The summed E-state index contributed by atoms with van der Waals surface area (Å²) >= 11 is 3.23. The Labute approximate surface area is 125 Å². The van der Waals surface area contributed by atoms with Crippen LogP contribution < -0.4 is 15.2 Å². The second-order valence-electron chi connectivity index (χ2n) is 4.29. The number of hydrogen-bond acceptors (Lipinski definition) is 3. The Bertz CT molecular complexity index is 597. The fourth-order valence-corrected chi connectivity index (χ4v) is 2.28. The SMILES string of the molecule is COc1cc(OC)cc(C(N)c2ccc(Br)cc2F)c1. The minimum atomic E-state index is -0.591. The third-order valence-corrected chi connectivity index (χ3v) is 3.52. The summed E-state index contributed by atoms with van der Waals surface area (Å²) in [4.78, 5) is 0. The lowest BCUT2D eigenvalue weighted by atomic mass is 9.98. The van der Waals surface area contributed by atoms with Crippen LogP contribution in [0.4, 0.5) is 4.39 Å². The molecule has 106 valence electrons. The first-order valence-corrected chi connectivity index (χ1v) is 6.78. The van der Waals surface area contributed by atoms with E-state index in [2.05, 4.69) is 15.9 Å². The van der Waals surface area contributed by atoms with Crippen LogP contribution in [-0.2, 0) is 0 Å². The number of nitrogens with two attached hydrogens (primary N) is 1. The zero-order valence-corrected chi connectivity index (χ0v) is 12.8. The van der Waals surface area contributed by atoms with E-state index in [1.165, 1.54) is 6.07 Å². The van der Waals surface area contributed by atoms with E-state index in [0.29, 0.717) is 21.5 Å². The first-order valence-electron chi connectivity index (χ1n) is 5.98. The molecule has 0 aliphatic carbocycles. The van der Waals surface area contributed by atoms with Crippen molar-refractivity contribution in [2.24, 2.45) is 5.73 Å². The highest BCUT2D eigenvalue weighted by Gasteiger charge is 2.16. The maximum absolute atomic E-state index is 14.0. The monoisotopic (exact) mass is 339 g/mol. The summed E-state index contributed by atoms with van der Waals surface area (Å²) in [7, 11) is 3.12. The average molecular weight is 340 g/mol. The van der Waals surface area contributed by atoms with Crippen LogP contribution in [0.1, 0.15) is 17.2 Å². The molecule has 0 radical (unpaired) electrons. The molecule has 2 rings (SSSR count). The largest absolute Gasteiger partial charge is 0.497 e. The number of methoxy groups -OCH3 is 2. The molecule has 5 heteroatoms. The Morgan fingerprint density at radius 1 is 1.05 bits per heavy atom. The predicted molar refractivity (Wildman–Crippen MR) is 79.7 cm³/mol. The Balaban J connectivity index is 2.44. The van der Waals surface area contributed by atoms with Gasteiger partial charge in [0.1, 0.15) is 17.3 Å². The summed E-state index contributed by atoms with van der Waals surface area (Å²) in [5.41, 5.74) is 7.29. The standard InChI is InChI=1S/C15H15BrFNO2/c1-19-11-5-9(6-12(8-11)20-2)15(18)13-4-3-10(16)7-14(13)17/h3-8,15H,18H2,1-2H3. The van der Waals surface area contributed by atoms with Crippen molar-refractivity contribution in [2.75, 3.05) is 14.2 Å². The molecule has 20 heavy (non-hydrogen) atoms. The van der Waals surface area contributed by atoms with Crippen molar-refractivity contribution in [3.05, 3.63) is 57.8 Å². The fraction of sp³-hybridized carbons (Fsp3) is 0.200. The minimum Gasteiger partial charge on any atom is -0.497 e. The van der Waals surface area contributed by atoms with Crippen LogP contribution in [0.2, 0.25) is 0 Å². The molecule has 0 spiro atoms. The van der Waals surface area contributed by atoms with Crippen molar-refractivity contribution >= 4 is 15.9 Å². The molecule has 0 heterocycles. The smallest absolute Gasteiger partial charge is 0.129 e. The molecule has 1 unspecified atom stereocenters. The topological polar surface area (TPSA) is 44.5 Å². The van der Waals surface area contributed by atoms with E-state index < -0.39 is 6.04 Å². The highest BCUT2D eigenvalue weighted by molar-refractivity contribution is 9.10. The molecule has 2 aromatic rings. The van der Waals surface area contributed by atoms with Crippen LogP contribution in [0.25, 0.3) is 0 Å². The van der Waals surface area contributed by atoms with Crippen LogP contribution in [0.5, 0.6) is 11.5 Å². The fourth-order valence-electron chi connectivity index (χ4n) is 1.94. The van der Waals surface area contributed by atoms with Gasteiger partial charge in [-0.2, -0.15) is 0 Å². The van der Waals surface area contributed by atoms with Gasteiger partial charge in [-0.3, -0.25) is 0 Å². The van der Waals surface area contributed by atoms with E-state index in [0.717, 1.165) is 5.56 Å². The van der Waals surface area contributed by atoms with Gasteiger partial charge >= 0.3 is 0 Å². The molecule has 2 N–H and O–H groups in total. The third kappa shape index (κ3) is 3.11. The van der Waals surface area contributed by atoms with Crippen LogP contribution in [0, 0.1) is 5.82 Å². The summed E-state index contributed by atoms with van der Waals surface area (Å²) in [5.74, 6) is 0.883. The predicted octanol–water partition coefficient (Wildman–Crippen LogP) is 3.65. The Hall–Kier alpha value is -1.59. The van der Waals surface area contributed by atoms with Gasteiger partial charge in [-0.05, 0) is 29.8 Å². The summed E-state index contributed by atoms with van der Waals surface area (Å²) < 4.78 is 25.0. The van der Waals surface area contributed by atoms with Crippen molar-refractivity contribution < 1.29 is 13.9 Å². The van der Waals surface area contributed by atoms with Gasteiger partial charge in [0.2, 0.25) is 0 Å². The van der Waals surface area contributed by atoms with Crippen molar-refractivity contribution in [3.8, 4) is 11.5 Å². The molecule has 0 saturated carbocycles. The normalized spacial score (nSPS) is 12.1. The number of halogens is 2. The van der Waals surface area contributed by atoms with Crippen molar-refractivity contribution in [1.29, 1.82) is 0 Å². The number of ether oxygens (including phenoxy) is 2. The van der Waals surface area contributed by atoms with Crippen LogP contribution in [0.15, 0.2) is 40.9 Å².